The lowest BCUT2D eigenvalue weighted by Crippen LogP contribution is -2.21. The number of hydrogen-bond donors (Lipinski definition) is 2. The zero-order valence-electron chi connectivity index (χ0n) is 32.2. The second-order valence-electron chi connectivity index (χ2n) is 16.9. The van der Waals surface area contributed by atoms with Crippen LogP contribution in [0.5, 0.6) is 11.5 Å². The standard InChI is InChI=1S/C22H29N3O.C20H24ClN3O/c1-7-21(3,4)15-13-16(22(5,6)8-2)20(26)19(14-15)25-23-17-11-9-10-12-18(17)24-25;1-19(2,3)12-9-14(20(4,5)6)18(25)17(10-12)24-22-15-8-7-13(21)11-16(15)23-24/h9-14,26H,7-8H2,1-6H3;7-11,25H,1-6H3. The topological polar surface area (TPSA) is 102 Å². The molecule has 0 unspecified atom stereocenters. The van der Waals surface area contributed by atoms with Gasteiger partial charge in [-0.2, -0.15) is 0 Å². The van der Waals surface area contributed by atoms with Gasteiger partial charge in [-0.1, -0.05) is 119 Å². The van der Waals surface area contributed by atoms with Gasteiger partial charge in [0.2, 0.25) is 0 Å². The molecule has 0 atom stereocenters. The molecule has 0 amide bonds. The molecule has 2 heterocycles. The zero-order valence-corrected chi connectivity index (χ0v) is 33.0. The Hall–Kier alpha value is -4.43. The largest absolute Gasteiger partial charge is 0.505 e. The number of fused-ring (bicyclic) bond motifs is 2. The number of hydrogen-bond acceptors (Lipinski definition) is 6. The van der Waals surface area contributed by atoms with Crippen LogP contribution in [-0.2, 0) is 21.7 Å². The molecule has 0 aliphatic carbocycles. The maximum atomic E-state index is 11.1. The number of halogens is 1. The molecule has 0 saturated carbocycles. The summed E-state index contributed by atoms with van der Waals surface area (Å²) in [4.78, 5) is 3.07. The highest BCUT2D eigenvalue weighted by Gasteiger charge is 2.30. The maximum Gasteiger partial charge on any atom is 0.146 e. The second-order valence-corrected chi connectivity index (χ2v) is 17.3. The molecule has 0 aliphatic rings. The monoisotopic (exact) mass is 708 g/mol. The minimum Gasteiger partial charge on any atom is -0.505 e. The van der Waals surface area contributed by atoms with Crippen molar-refractivity contribution in [3.63, 3.8) is 0 Å². The van der Waals surface area contributed by atoms with Crippen LogP contribution in [0, 0.1) is 0 Å². The van der Waals surface area contributed by atoms with E-state index >= 15 is 0 Å². The molecule has 0 fully saturated rings. The summed E-state index contributed by atoms with van der Waals surface area (Å²) in [5.41, 5.74) is 8.11. The number of rotatable bonds is 6. The van der Waals surface area contributed by atoms with Crippen molar-refractivity contribution in [2.24, 2.45) is 0 Å². The Morgan fingerprint density at radius 2 is 0.980 bits per heavy atom. The molecule has 6 aromatic rings. The smallest absolute Gasteiger partial charge is 0.146 e. The van der Waals surface area contributed by atoms with E-state index in [1.165, 1.54) is 10.4 Å². The minimum atomic E-state index is -0.198. The first-order chi connectivity index (χ1) is 23.7. The van der Waals surface area contributed by atoms with E-state index in [2.05, 4.69) is 116 Å². The van der Waals surface area contributed by atoms with E-state index < -0.39 is 0 Å². The van der Waals surface area contributed by atoms with Gasteiger partial charge in [-0.25, -0.2) is 0 Å². The van der Waals surface area contributed by atoms with Crippen LogP contribution < -0.4 is 0 Å². The molecular weight excluding hydrogens is 656 g/mol. The van der Waals surface area contributed by atoms with Crippen LogP contribution in [0.15, 0.2) is 66.7 Å². The normalized spacial score (nSPS) is 12.7. The lowest BCUT2D eigenvalue weighted by atomic mass is 9.76. The molecule has 0 aliphatic heterocycles. The highest BCUT2D eigenvalue weighted by molar-refractivity contribution is 6.31. The fourth-order valence-electron chi connectivity index (χ4n) is 5.81. The Bertz CT molecular complexity index is 2160. The molecule has 51 heavy (non-hydrogen) atoms. The van der Waals surface area contributed by atoms with Gasteiger partial charge in [-0.3, -0.25) is 0 Å². The number of aromatic hydroxyl groups is 2. The Balaban J connectivity index is 0.000000198. The van der Waals surface area contributed by atoms with Crippen molar-refractivity contribution in [3.05, 3.63) is 94.0 Å². The molecule has 2 N–H and O–H groups in total. The Morgan fingerprint density at radius 1 is 0.529 bits per heavy atom. The van der Waals surface area contributed by atoms with Crippen molar-refractivity contribution in [1.82, 2.24) is 30.0 Å². The molecule has 8 nitrogen and oxygen atoms in total. The number of phenolic OH excluding ortho intramolecular Hbond substituents is 2. The van der Waals surface area contributed by atoms with Gasteiger partial charge < -0.3 is 10.2 Å². The number of phenols is 2. The summed E-state index contributed by atoms with van der Waals surface area (Å²) in [7, 11) is 0. The summed E-state index contributed by atoms with van der Waals surface area (Å²) in [5, 5.41) is 40.8. The first-order valence-corrected chi connectivity index (χ1v) is 18.2. The molecule has 0 saturated heterocycles. The third-order valence-corrected chi connectivity index (χ3v) is 10.4. The quantitative estimate of drug-likeness (QED) is 0.179. The molecule has 9 heteroatoms. The minimum absolute atomic E-state index is 0.00754. The molecule has 4 aromatic carbocycles. The van der Waals surface area contributed by atoms with Crippen LogP contribution in [0.1, 0.15) is 118 Å². The number of nitrogens with zero attached hydrogens (tertiary/aromatic N) is 6. The molecule has 2 aromatic heterocycles. The van der Waals surface area contributed by atoms with Gasteiger partial charge in [-0.05, 0) is 88.1 Å². The fourth-order valence-corrected chi connectivity index (χ4v) is 5.98. The SMILES string of the molecule is CC(C)(C)c1cc(-n2nc3ccc(Cl)cc3n2)c(O)c(C(C)(C)C)c1.CCC(C)(C)c1cc(-n2nc3ccccc3n2)c(O)c(C(C)(C)CC)c1. The van der Waals surface area contributed by atoms with Crippen molar-refractivity contribution in [2.75, 3.05) is 0 Å². The van der Waals surface area contributed by atoms with E-state index in [0.29, 0.717) is 21.9 Å². The summed E-state index contributed by atoms with van der Waals surface area (Å²) in [6.45, 7) is 25.9. The highest BCUT2D eigenvalue weighted by atomic mass is 35.5. The molecule has 0 bridgehead atoms. The molecule has 0 spiro atoms. The average Bonchev–Trinajstić information content (AvgIpc) is 3.68. The average molecular weight is 709 g/mol. The third kappa shape index (κ3) is 7.76. The van der Waals surface area contributed by atoms with Gasteiger partial charge in [0, 0.05) is 16.1 Å². The Labute approximate surface area is 307 Å². The first-order valence-electron chi connectivity index (χ1n) is 17.8. The lowest BCUT2D eigenvalue weighted by Gasteiger charge is -2.30. The van der Waals surface area contributed by atoms with E-state index in [0.717, 1.165) is 46.1 Å². The van der Waals surface area contributed by atoms with Crippen LogP contribution in [0.4, 0.5) is 0 Å². The Morgan fingerprint density at radius 3 is 1.47 bits per heavy atom. The molecule has 6 rings (SSSR count). The maximum absolute atomic E-state index is 11.1. The molecule has 270 valence electrons. The van der Waals surface area contributed by atoms with E-state index in [4.69, 9.17) is 11.6 Å². The van der Waals surface area contributed by atoms with Crippen LogP contribution in [-0.4, -0.2) is 40.2 Å². The number of benzene rings is 4. The van der Waals surface area contributed by atoms with Crippen molar-refractivity contribution >= 4 is 33.7 Å². The van der Waals surface area contributed by atoms with Crippen molar-refractivity contribution in [1.29, 1.82) is 0 Å². The van der Waals surface area contributed by atoms with Gasteiger partial charge in [0.05, 0.1) is 0 Å². The van der Waals surface area contributed by atoms with Crippen LogP contribution >= 0.6 is 11.6 Å². The van der Waals surface area contributed by atoms with Gasteiger partial charge in [0.25, 0.3) is 0 Å². The Kier molecular flexibility index (Phi) is 10.1. The van der Waals surface area contributed by atoms with Crippen molar-refractivity contribution < 1.29 is 10.2 Å². The highest BCUT2D eigenvalue weighted by Crippen LogP contribution is 2.42. The second kappa shape index (κ2) is 13.6. The summed E-state index contributed by atoms with van der Waals surface area (Å²) in [6.07, 6.45) is 1.95. The summed E-state index contributed by atoms with van der Waals surface area (Å²) in [6, 6.07) is 21.4. The van der Waals surface area contributed by atoms with E-state index in [1.807, 2.05) is 42.5 Å². The first kappa shape index (κ1) is 37.8. The predicted octanol–water partition coefficient (Wildman–Crippen LogP) is 10.9. The van der Waals surface area contributed by atoms with Gasteiger partial charge in [0.1, 0.15) is 44.9 Å². The number of aromatic nitrogens is 6. The van der Waals surface area contributed by atoms with E-state index in [1.54, 1.807) is 16.9 Å². The summed E-state index contributed by atoms with van der Waals surface area (Å²) < 4.78 is 0. The lowest BCUT2D eigenvalue weighted by molar-refractivity contribution is 0.420. The van der Waals surface area contributed by atoms with Crippen molar-refractivity contribution in [2.45, 2.75) is 118 Å². The summed E-state index contributed by atoms with van der Waals surface area (Å²) in [5.74, 6) is 0.486. The fraction of sp³-hybridized carbons (Fsp3) is 0.429. The van der Waals surface area contributed by atoms with Crippen LogP contribution in [0.2, 0.25) is 5.02 Å². The van der Waals surface area contributed by atoms with Crippen molar-refractivity contribution in [3.8, 4) is 22.9 Å². The predicted molar refractivity (Wildman–Crippen MR) is 210 cm³/mol. The van der Waals surface area contributed by atoms with E-state index in [-0.39, 0.29) is 33.2 Å². The van der Waals surface area contributed by atoms with E-state index in [9.17, 15) is 10.2 Å². The molecular formula is C42H53ClN6O2. The zero-order chi connectivity index (χ0) is 37.7. The van der Waals surface area contributed by atoms with Crippen LogP contribution in [0.25, 0.3) is 33.4 Å². The van der Waals surface area contributed by atoms with Crippen LogP contribution in [0.3, 0.4) is 0 Å². The van der Waals surface area contributed by atoms with Gasteiger partial charge in [0.15, 0.2) is 0 Å². The summed E-state index contributed by atoms with van der Waals surface area (Å²) >= 11 is 6.05. The van der Waals surface area contributed by atoms with Gasteiger partial charge >= 0.3 is 0 Å². The third-order valence-electron chi connectivity index (χ3n) is 10.2. The van der Waals surface area contributed by atoms with Gasteiger partial charge in [-0.15, -0.1) is 30.0 Å². The molecule has 0 radical (unpaired) electrons.